The summed E-state index contributed by atoms with van der Waals surface area (Å²) in [6.45, 7) is 1.73. The molecule has 0 radical (unpaired) electrons. The number of sulfone groups is 1. The zero-order chi connectivity index (χ0) is 21.8. The third kappa shape index (κ3) is 5.75. The summed E-state index contributed by atoms with van der Waals surface area (Å²) in [5.74, 6) is -4.11. The number of nitro benzene ring substituents is 1. The number of carbonyl (C=O) groups is 2. The van der Waals surface area contributed by atoms with Crippen LogP contribution >= 0.6 is 0 Å². The van der Waals surface area contributed by atoms with Gasteiger partial charge in [-0.1, -0.05) is 24.3 Å². The zero-order valence-electron chi connectivity index (χ0n) is 15.2. The van der Waals surface area contributed by atoms with E-state index in [4.69, 9.17) is 5.11 Å². The summed E-state index contributed by atoms with van der Waals surface area (Å²) in [4.78, 5) is 32.9. The summed E-state index contributed by atoms with van der Waals surface area (Å²) in [6, 6.07) is 7.94. The Morgan fingerprint density at radius 3 is 2.38 bits per heavy atom. The molecule has 0 spiro atoms. The Labute approximate surface area is 165 Å². The minimum atomic E-state index is -3.88. The number of aryl methyl sites for hydroxylation is 1. The Hall–Kier alpha value is -3.47. The first-order valence-electron chi connectivity index (χ1n) is 8.26. The second kappa shape index (κ2) is 8.69. The van der Waals surface area contributed by atoms with Gasteiger partial charge >= 0.3 is 11.9 Å². The molecule has 1 unspecified atom stereocenters. The molecule has 2 aromatic carbocycles. The maximum atomic E-state index is 12.5. The second-order valence-electron chi connectivity index (χ2n) is 6.31. The van der Waals surface area contributed by atoms with Gasteiger partial charge in [0, 0.05) is 6.07 Å². The molecule has 10 nitrogen and oxygen atoms in total. The van der Waals surface area contributed by atoms with Crippen molar-refractivity contribution in [2.75, 3.05) is 11.1 Å². The van der Waals surface area contributed by atoms with E-state index in [9.17, 15) is 33.2 Å². The van der Waals surface area contributed by atoms with Gasteiger partial charge < -0.3 is 15.5 Å². The van der Waals surface area contributed by atoms with Crippen LogP contribution in [-0.2, 0) is 20.4 Å². The number of anilines is 1. The van der Waals surface area contributed by atoms with E-state index in [1.54, 1.807) is 31.2 Å². The lowest BCUT2D eigenvalue weighted by molar-refractivity contribution is -0.384. The van der Waals surface area contributed by atoms with E-state index in [1.165, 1.54) is 0 Å². The van der Waals surface area contributed by atoms with Gasteiger partial charge in [-0.2, -0.15) is 0 Å². The first kappa shape index (κ1) is 21.8. The average molecular weight is 422 g/mol. The van der Waals surface area contributed by atoms with Gasteiger partial charge in [0.15, 0.2) is 9.84 Å². The van der Waals surface area contributed by atoms with Crippen LogP contribution in [0.3, 0.4) is 0 Å². The van der Waals surface area contributed by atoms with E-state index >= 15 is 0 Å². The molecule has 0 aromatic heterocycles. The van der Waals surface area contributed by atoms with E-state index in [1.807, 2.05) is 0 Å². The van der Waals surface area contributed by atoms with E-state index in [2.05, 4.69) is 5.32 Å². The van der Waals surface area contributed by atoms with Crippen molar-refractivity contribution in [2.24, 2.45) is 0 Å². The third-order valence-corrected chi connectivity index (χ3v) is 5.72. The number of aliphatic carboxylic acids is 1. The highest BCUT2D eigenvalue weighted by Crippen LogP contribution is 2.27. The molecule has 3 N–H and O–H groups in total. The molecular weight excluding hydrogens is 404 g/mol. The smallest absolute Gasteiger partial charge is 0.335 e. The number of nitro groups is 1. The highest BCUT2D eigenvalue weighted by Gasteiger charge is 2.28. The molecule has 0 aliphatic heterocycles. The number of nitrogens with zero attached hydrogens (tertiary/aromatic N) is 1. The molecule has 154 valence electrons. The Morgan fingerprint density at radius 2 is 1.83 bits per heavy atom. The van der Waals surface area contributed by atoms with E-state index in [0.29, 0.717) is 5.56 Å². The normalized spacial score (nSPS) is 12.2. The number of hydrogen-bond donors (Lipinski definition) is 3. The topological polar surface area (TPSA) is 164 Å². The van der Waals surface area contributed by atoms with Gasteiger partial charge in [-0.05, 0) is 30.2 Å². The van der Waals surface area contributed by atoms with Gasteiger partial charge in [-0.15, -0.1) is 0 Å². The van der Waals surface area contributed by atoms with Gasteiger partial charge in [-0.25, -0.2) is 18.0 Å². The van der Waals surface area contributed by atoms with E-state index in [0.717, 1.165) is 23.8 Å². The highest BCUT2D eigenvalue weighted by molar-refractivity contribution is 7.90. The Bertz CT molecular complexity index is 1070. The van der Waals surface area contributed by atoms with Gasteiger partial charge in [0.1, 0.15) is 11.7 Å². The molecule has 2 aromatic rings. The average Bonchev–Trinajstić information content (AvgIpc) is 2.62. The first-order valence-corrected chi connectivity index (χ1v) is 10.1. The highest BCUT2D eigenvalue weighted by atomic mass is 32.2. The molecule has 11 heteroatoms. The van der Waals surface area contributed by atoms with Crippen molar-refractivity contribution in [2.45, 2.75) is 18.7 Å². The van der Waals surface area contributed by atoms with Crippen LogP contribution in [0.4, 0.5) is 11.4 Å². The molecule has 0 amide bonds. The van der Waals surface area contributed by atoms with Gasteiger partial charge in [-0.3, -0.25) is 10.1 Å². The molecule has 0 aliphatic carbocycles. The minimum Gasteiger partial charge on any atom is -0.480 e. The molecular formula is C18H18N2O8S. The molecule has 0 fully saturated rings. The number of rotatable bonds is 9. The molecule has 0 aliphatic rings. The second-order valence-corrected chi connectivity index (χ2v) is 8.42. The molecule has 2 rings (SSSR count). The van der Waals surface area contributed by atoms with Gasteiger partial charge in [0.2, 0.25) is 0 Å². The third-order valence-electron chi connectivity index (χ3n) is 4.13. The van der Waals surface area contributed by atoms with Crippen LogP contribution in [0.15, 0.2) is 42.5 Å². The van der Waals surface area contributed by atoms with Crippen LogP contribution < -0.4 is 5.32 Å². The van der Waals surface area contributed by atoms with Crippen LogP contribution in [0.1, 0.15) is 21.5 Å². The van der Waals surface area contributed by atoms with Crippen LogP contribution in [0.5, 0.6) is 0 Å². The maximum absolute atomic E-state index is 12.5. The predicted octanol–water partition coefficient (Wildman–Crippen LogP) is 2.08. The fraction of sp³-hybridized carbons (Fsp3) is 0.222. The molecule has 29 heavy (non-hydrogen) atoms. The van der Waals surface area contributed by atoms with Crippen LogP contribution in [0.25, 0.3) is 0 Å². The van der Waals surface area contributed by atoms with Crippen molar-refractivity contribution in [1.82, 2.24) is 0 Å². The summed E-state index contributed by atoms with van der Waals surface area (Å²) < 4.78 is 25.0. The summed E-state index contributed by atoms with van der Waals surface area (Å²) in [6.07, 6.45) is 0. The Morgan fingerprint density at radius 1 is 1.17 bits per heavy atom. The lowest BCUT2D eigenvalue weighted by Crippen LogP contribution is -2.37. The standard InChI is InChI=1S/C18H18N2O8S/c1-11-4-2-3-5-13(11)9-29(27,28)10-15(18(23)24)19-14-7-6-12(17(21)22)8-16(14)20(25)26/h2-8,15,19H,9-10H2,1H3,(H,21,22)(H,23,24). The molecule has 0 saturated heterocycles. The van der Waals surface area contributed by atoms with Crippen LogP contribution in [-0.4, -0.2) is 47.3 Å². The summed E-state index contributed by atoms with van der Waals surface area (Å²) >= 11 is 0. The fourth-order valence-electron chi connectivity index (χ4n) is 2.62. The van der Waals surface area contributed by atoms with Crippen molar-refractivity contribution in [3.05, 3.63) is 69.3 Å². The Kier molecular flexibility index (Phi) is 6.54. The lowest BCUT2D eigenvalue weighted by atomic mass is 10.1. The van der Waals surface area contributed by atoms with Gasteiger partial charge in [0.05, 0.1) is 22.0 Å². The maximum Gasteiger partial charge on any atom is 0.335 e. The van der Waals surface area contributed by atoms with Crippen molar-refractivity contribution in [1.29, 1.82) is 0 Å². The molecule has 0 bridgehead atoms. The molecule has 0 saturated carbocycles. The number of nitrogens with one attached hydrogen (secondary N) is 1. The summed E-state index contributed by atoms with van der Waals surface area (Å²) in [5.41, 5.74) is -0.0727. The fourth-order valence-corrected chi connectivity index (χ4v) is 4.27. The lowest BCUT2D eigenvalue weighted by Gasteiger charge is -2.16. The van der Waals surface area contributed by atoms with Gasteiger partial charge in [0.25, 0.3) is 5.69 Å². The largest absolute Gasteiger partial charge is 0.480 e. The Balaban J connectivity index is 2.29. The SMILES string of the molecule is Cc1ccccc1CS(=O)(=O)CC(Nc1ccc(C(=O)O)cc1[N+](=O)[O-])C(=O)O. The quantitative estimate of drug-likeness (QED) is 0.405. The van der Waals surface area contributed by atoms with E-state index < -0.39 is 44.2 Å². The molecule has 1 atom stereocenters. The number of carboxylic acids is 2. The molecule has 0 heterocycles. The number of benzene rings is 2. The zero-order valence-corrected chi connectivity index (χ0v) is 16.0. The summed E-state index contributed by atoms with van der Waals surface area (Å²) in [7, 11) is -3.88. The van der Waals surface area contributed by atoms with Crippen molar-refractivity contribution in [3.63, 3.8) is 0 Å². The monoisotopic (exact) mass is 422 g/mol. The predicted molar refractivity (Wildman–Crippen MR) is 104 cm³/mol. The van der Waals surface area contributed by atoms with Crippen molar-refractivity contribution >= 4 is 33.2 Å². The first-order chi connectivity index (χ1) is 13.5. The van der Waals surface area contributed by atoms with Crippen molar-refractivity contribution in [3.8, 4) is 0 Å². The number of carboxylic acid groups (broad SMARTS) is 2. The number of aromatic carboxylic acids is 1. The summed E-state index contributed by atoms with van der Waals surface area (Å²) in [5, 5.41) is 31.9. The van der Waals surface area contributed by atoms with Crippen LogP contribution in [0.2, 0.25) is 0 Å². The van der Waals surface area contributed by atoms with Crippen molar-refractivity contribution < 1.29 is 33.1 Å². The van der Waals surface area contributed by atoms with E-state index in [-0.39, 0.29) is 17.0 Å². The number of hydrogen-bond acceptors (Lipinski definition) is 7. The van der Waals surface area contributed by atoms with Crippen LogP contribution in [0, 0.1) is 17.0 Å². The minimum absolute atomic E-state index is 0.293.